The highest BCUT2D eigenvalue weighted by Crippen LogP contribution is 2.15. The minimum absolute atomic E-state index is 0.663. The first kappa shape index (κ1) is 9.55. The molecule has 0 atom stereocenters. The van der Waals surface area contributed by atoms with E-state index in [4.69, 9.17) is 5.73 Å². The van der Waals surface area contributed by atoms with Gasteiger partial charge in [-0.05, 0) is 32.0 Å². The Labute approximate surface area is 83.9 Å². The fraction of sp³-hybridized carbons (Fsp3) is 0.600. The topological polar surface area (TPSA) is 63.8 Å². The van der Waals surface area contributed by atoms with Gasteiger partial charge in [-0.15, -0.1) is 0 Å². The average molecular weight is 192 g/mol. The van der Waals surface area contributed by atoms with E-state index < -0.39 is 0 Å². The van der Waals surface area contributed by atoms with Gasteiger partial charge in [0.2, 0.25) is 0 Å². The first-order valence-corrected chi connectivity index (χ1v) is 5.07. The average Bonchev–Trinajstić information content (AvgIpc) is 2.18. The number of rotatable bonds is 2. The van der Waals surface area contributed by atoms with Gasteiger partial charge in [0.15, 0.2) is 0 Å². The van der Waals surface area contributed by atoms with Crippen LogP contribution in [0.4, 0.5) is 0 Å². The minimum atomic E-state index is 0.663. The maximum Gasteiger partial charge on any atom is 0.125 e. The van der Waals surface area contributed by atoms with Gasteiger partial charge in [0.25, 0.3) is 0 Å². The summed E-state index contributed by atoms with van der Waals surface area (Å²) in [7, 11) is 0. The molecule has 1 aromatic heterocycles. The zero-order chi connectivity index (χ0) is 9.97. The maximum absolute atomic E-state index is 5.57. The van der Waals surface area contributed by atoms with Gasteiger partial charge < -0.3 is 11.1 Å². The number of aryl methyl sites for hydroxylation is 1. The van der Waals surface area contributed by atoms with Gasteiger partial charge in [-0.25, -0.2) is 9.97 Å². The molecule has 0 fully saturated rings. The van der Waals surface area contributed by atoms with E-state index >= 15 is 0 Å². The number of fused-ring (bicyclic) bond motifs is 1. The fourth-order valence-corrected chi connectivity index (χ4v) is 1.92. The Hall–Kier alpha value is -1.00. The van der Waals surface area contributed by atoms with Gasteiger partial charge in [-0.2, -0.15) is 0 Å². The molecule has 3 N–H and O–H groups in total. The van der Waals surface area contributed by atoms with Crippen LogP contribution in [-0.4, -0.2) is 23.1 Å². The first-order chi connectivity index (χ1) is 6.81. The lowest BCUT2D eigenvalue weighted by Gasteiger charge is -2.19. The number of hydrogen-bond acceptors (Lipinski definition) is 4. The number of nitrogens with one attached hydrogen (secondary N) is 1. The standard InChI is InChI=1S/C10H16N4/c1-7-13-9(2-4-11)8-3-5-12-6-10(8)14-7/h12H,2-6,11H2,1H3. The van der Waals surface area contributed by atoms with Gasteiger partial charge >= 0.3 is 0 Å². The molecule has 0 aromatic carbocycles. The van der Waals surface area contributed by atoms with Crippen molar-refractivity contribution < 1.29 is 0 Å². The molecule has 76 valence electrons. The van der Waals surface area contributed by atoms with Crippen molar-refractivity contribution in [1.29, 1.82) is 0 Å². The molecule has 1 aliphatic rings. The number of aromatic nitrogens is 2. The monoisotopic (exact) mass is 192 g/mol. The summed E-state index contributed by atoms with van der Waals surface area (Å²) in [5, 5.41) is 3.32. The first-order valence-electron chi connectivity index (χ1n) is 5.07. The Bertz CT molecular complexity index is 335. The number of nitrogens with zero attached hydrogens (tertiary/aromatic N) is 2. The molecule has 2 heterocycles. The quantitative estimate of drug-likeness (QED) is 0.688. The van der Waals surface area contributed by atoms with E-state index in [1.54, 1.807) is 0 Å². The molecule has 0 unspecified atom stereocenters. The second kappa shape index (κ2) is 4.02. The molecule has 2 rings (SSSR count). The van der Waals surface area contributed by atoms with Crippen molar-refractivity contribution in [2.75, 3.05) is 13.1 Å². The summed E-state index contributed by atoms with van der Waals surface area (Å²) in [6, 6.07) is 0. The molecule has 4 heteroatoms. The molecular formula is C10H16N4. The third-order valence-electron chi connectivity index (χ3n) is 2.52. The maximum atomic E-state index is 5.57. The van der Waals surface area contributed by atoms with Gasteiger partial charge in [0.1, 0.15) is 5.82 Å². The zero-order valence-electron chi connectivity index (χ0n) is 8.51. The van der Waals surface area contributed by atoms with Crippen LogP contribution in [0.1, 0.15) is 22.8 Å². The molecule has 0 bridgehead atoms. The predicted octanol–water partition coefficient (Wildman–Crippen LogP) is -0.0681. The van der Waals surface area contributed by atoms with E-state index in [0.717, 1.165) is 43.1 Å². The number of hydrogen-bond donors (Lipinski definition) is 2. The fourth-order valence-electron chi connectivity index (χ4n) is 1.92. The van der Waals surface area contributed by atoms with Crippen molar-refractivity contribution in [1.82, 2.24) is 15.3 Å². The molecule has 14 heavy (non-hydrogen) atoms. The van der Waals surface area contributed by atoms with Crippen molar-refractivity contribution >= 4 is 0 Å². The Kier molecular flexibility index (Phi) is 2.74. The van der Waals surface area contributed by atoms with Gasteiger partial charge in [0, 0.05) is 18.7 Å². The molecule has 1 aliphatic heterocycles. The van der Waals surface area contributed by atoms with Crippen LogP contribution >= 0.6 is 0 Å². The van der Waals surface area contributed by atoms with Crippen molar-refractivity contribution in [3.8, 4) is 0 Å². The lowest BCUT2D eigenvalue weighted by Crippen LogP contribution is -2.27. The molecule has 0 radical (unpaired) electrons. The highest BCUT2D eigenvalue weighted by Gasteiger charge is 2.15. The normalized spacial score (nSPS) is 15.3. The second-order valence-corrected chi connectivity index (χ2v) is 3.61. The third-order valence-corrected chi connectivity index (χ3v) is 2.52. The summed E-state index contributed by atoms with van der Waals surface area (Å²) < 4.78 is 0. The third kappa shape index (κ3) is 1.76. The van der Waals surface area contributed by atoms with Crippen LogP contribution in [0.25, 0.3) is 0 Å². The van der Waals surface area contributed by atoms with Gasteiger partial charge in [0.05, 0.1) is 5.69 Å². The van der Waals surface area contributed by atoms with Gasteiger partial charge in [-0.3, -0.25) is 0 Å². The van der Waals surface area contributed by atoms with E-state index in [1.165, 1.54) is 5.56 Å². The molecule has 0 amide bonds. The molecule has 1 aromatic rings. The molecule has 0 aliphatic carbocycles. The molecule has 0 spiro atoms. The van der Waals surface area contributed by atoms with Crippen LogP contribution in [0.3, 0.4) is 0 Å². The highest BCUT2D eigenvalue weighted by atomic mass is 15.0. The highest BCUT2D eigenvalue weighted by molar-refractivity contribution is 5.28. The summed E-state index contributed by atoms with van der Waals surface area (Å²) in [5.41, 5.74) is 9.20. The van der Waals surface area contributed by atoms with E-state index in [0.29, 0.717) is 6.54 Å². The largest absolute Gasteiger partial charge is 0.330 e. The van der Waals surface area contributed by atoms with Crippen LogP contribution < -0.4 is 11.1 Å². The molecular weight excluding hydrogens is 176 g/mol. The molecule has 0 saturated heterocycles. The van der Waals surface area contributed by atoms with Crippen molar-refractivity contribution in [2.45, 2.75) is 26.3 Å². The van der Waals surface area contributed by atoms with Crippen molar-refractivity contribution in [3.63, 3.8) is 0 Å². The van der Waals surface area contributed by atoms with Crippen molar-refractivity contribution in [2.24, 2.45) is 5.73 Å². The zero-order valence-corrected chi connectivity index (χ0v) is 8.51. The van der Waals surface area contributed by atoms with E-state index in [9.17, 15) is 0 Å². The Balaban J connectivity index is 2.41. The Morgan fingerprint density at radius 2 is 2.29 bits per heavy atom. The molecule has 0 saturated carbocycles. The van der Waals surface area contributed by atoms with Crippen molar-refractivity contribution in [3.05, 3.63) is 22.8 Å². The van der Waals surface area contributed by atoms with E-state index in [2.05, 4.69) is 15.3 Å². The summed E-state index contributed by atoms with van der Waals surface area (Å²) in [6.45, 7) is 4.50. The van der Waals surface area contributed by atoms with Crippen LogP contribution in [-0.2, 0) is 19.4 Å². The molecule has 4 nitrogen and oxygen atoms in total. The lowest BCUT2D eigenvalue weighted by molar-refractivity contribution is 0.610. The van der Waals surface area contributed by atoms with Gasteiger partial charge in [-0.1, -0.05) is 0 Å². The van der Waals surface area contributed by atoms with Crippen LogP contribution in [0, 0.1) is 6.92 Å². The summed E-state index contributed by atoms with van der Waals surface area (Å²) in [5.74, 6) is 0.857. The van der Waals surface area contributed by atoms with Crippen LogP contribution in [0.2, 0.25) is 0 Å². The second-order valence-electron chi connectivity index (χ2n) is 3.61. The minimum Gasteiger partial charge on any atom is -0.330 e. The smallest absolute Gasteiger partial charge is 0.125 e. The van der Waals surface area contributed by atoms with E-state index in [1.807, 2.05) is 6.92 Å². The number of nitrogens with two attached hydrogens (primary N) is 1. The predicted molar refractivity (Wildman–Crippen MR) is 54.9 cm³/mol. The lowest BCUT2D eigenvalue weighted by atomic mass is 10.0. The summed E-state index contributed by atoms with van der Waals surface area (Å²) in [4.78, 5) is 8.90. The summed E-state index contributed by atoms with van der Waals surface area (Å²) >= 11 is 0. The Morgan fingerprint density at radius 3 is 3.07 bits per heavy atom. The van der Waals surface area contributed by atoms with Crippen LogP contribution in [0.15, 0.2) is 0 Å². The SMILES string of the molecule is Cc1nc(CCN)c2c(n1)CNCC2. The van der Waals surface area contributed by atoms with E-state index in [-0.39, 0.29) is 0 Å². The van der Waals surface area contributed by atoms with Crippen LogP contribution in [0.5, 0.6) is 0 Å². The Morgan fingerprint density at radius 1 is 1.43 bits per heavy atom. The summed E-state index contributed by atoms with van der Waals surface area (Å²) in [6.07, 6.45) is 1.90.